The van der Waals surface area contributed by atoms with Crippen LogP contribution in [0.25, 0.3) is 0 Å². The van der Waals surface area contributed by atoms with E-state index in [1.165, 1.54) is 0 Å². The molecule has 2 heteroatoms. The van der Waals surface area contributed by atoms with Crippen LogP contribution in [-0.2, 0) is 0 Å². The van der Waals surface area contributed by atoms with Gasteiger partial charge in [0, 0.05) is 14.1 Å². The van der Waals surface area contributed by atoms with Gasteiger partial charge >= 0.3 is 0 Å². The second kappa shape index (κ2) is 2.85. The number of nitrogens with zero attached hydrogens (tertiary/aromatic N) is 2. The molecular formula is C7H16N2. The Kier molecular flexibility index (Phi) is 2.68. The van der Waals surface area contributed by atoms with Gasteiger partial charge in [-0.1, -0.05) is 0 Å². The van der Waals surface area contributed by atoms with Gasteiger partial charge in [0.15, 0.2) is 0 Å². The largest absolute Gasteiger partial charge is 0.369 e. The van der Waals surface area contributed by atoms with E-state index in [-0.39, 0.29) is 5.54 Å². The molecule has 0 atom stereocenters. The Morgan fingerprint density at radius 1 is 1.22 bits per heavy atom. The minimum atomic E-state index is 0.0598. The Balaban J connectivity index is 3.71. The van der Waals surface area contributed by atoms with Gasteiger partial charge in [0.1, 0.15) is 0 Å². The second-order valence-corrected chi connectivity index (χ2v) is 3.38. The average Bonchev–Trinajstić information content (AvgIpc) is 1.59. The highest BCUT2D eigenvalue weighted by atomic mass is 15.1. The van der Waals surface area contributed by atoms with Crippen molar-refractivity contribution in [3.8, 4) is 0 Å². The van der Waals surface area contributed by atoms with E-state index in [9.17, 15) is 0 Å². The van der Waals surface area contributed by atoms with Crippen molar-refractivity contribution in [3.05, 3.63) is 0 Å². The van der Waals surface area contributed by atoms with Gasteiger partial charge in [-0.15, -0.1) is 0 Å². The van der Waals surface area contributed by atoms with Crippen LogP contribution in [0.3, 0.4) is 0 Å². The molecule has 0 aliphatic rings. The van der Waals surface area contributed by atoms with Crippen molar-refractivity contribution in [2.45, 2.75) is 26.3 Å². The van der Waals surface area contributed by atoms with Crippen LogP contribution in [0.1, 0.15) is 20.8 Å². The first-order chi connectivity index (χ1) is 3.92. The van der Waals surface area contributed by atoms with Crippen molar-refractivity contribution in [1.29, 1.82) is 0 Å². The molecule has 0 fully saturated rings. The van der Waals surface area contributed by atoms with Crippen molar-refractivity contribution >= 4 is 6.34 Å². The minimum Gasteiger partial charge on any atom is -0.369 e. The first kappa shape index (κ1) is 8.47. The van der Waals surface area contributed by atoms with Crippen molar-refractivity contribution in [2.24, 2.45) is 4.99 Å². The van der Waals surface area contributed by atoms with E-state index in [4.69, 9.17) is 0 Å². The molecule has 0 heterocycles. The summed E-state index contributed by atoms with van der Waals surface area (Å²) in [5, 5.41) is 0. The molecular weight excluding hydrogens is 112 g/mol. The molecule has 0 rings (SSSR count). The fraction of sp³-hybridized carbons (Fsp3) is 0.857. The Labute approximate surface area is 57.6 Å². The molecule has 0 bridgehead atoms. The molecule has 2 nitrogen and oxygen atoms in total. The molecule has 0 N–H and O–H groups in total. The summed E-state index contributed by atoms with van der Waals surface area (Å²) in [6.07, 6.45) is 1.83. The van der Waals surface area contributed by atoms with E-state index in [0.717, 1.165) is 0 Å². The van der Waals surface area contributed by atoms with E-state index < -0.39 is 0 Å². The van der Waals surface area contributed by atoms with Gasteiger partial charge < -0.3 is 4.90 Å². The van der Waals surface area contributed by atoms with Crippen LogP contribution >= 0.6 is 0 Å². The van der Waals surface area contributed by atoms with Gasteiger partial charge in [0.2, 0.25) is 0 Å². The van der Waals surface area contributed by atoms with Gasteiger partial charge in [-0.2, -0.15) is 0 Å². The van der Waals surface area contributed by atoms with Crippen molar-refractivity contribution < 1.29 is 0 Å². The fourth-order valence-corrected chi connectivity index (χ4v) is 0.289. The highest BCUT2D eigenvalue weighted by Crippen LogP contribution is 2.04. The van der Waals surface area contributed by atoms with Crippen LogP contribution < -0.4 is 0 Å². The van der Waals surface area contributed by atoms with Crippen LogP contribution in [0.2, 0.25) is 0 Å². The monoisotopic (exact) mass is 128 g/mol. The third-order valence-electron chi connectivity index (χ3n) is 0.676. The smallest absolute Gasteiger partial charge is 0.0851 e. The quantitative estimate of drug-likeness (QED) is 0.385. The molecule has 54 valence electrons. The number of rotatable bonds is 1. The molecule has 0 amide bonds. The normalized spacial score (nSPS) is 12.6. The fourth-order valence-electron chi connectivity index (χ4n) is 0.289. The Morgan fingerprint density at radius 2 is 1.67 bits per heavy atom. The Hall–Kier alpha value is -0.530. The zero-order chi connectivity index (χ0) is 7.49. The third kappa shape index (κ3) is 7.47. The van der Waals surface area contributed by atoms with E-state index >= 15 is 0 Å². The molecule has 0 aromatic rings. The summed E-state index contributed by atoms with van der Waals surface area (Å²) < 4.78 is 0. The molecule has 0 aliphatic carbocycles. The van der Waals surface area contributed by atoms with E-state index in [1.54, 1.807) is 0 Å². The van der Waals surface area contributed by atoms with E-state index in [0.29, 0.717) is 0 Å². The maximum absolute atomic E-state index is 4.26. The first-order valence-corrected chi connectivity index (χ1v) is 3.13. The molecule has 0 radical (unpaired) electrons. The van der Waals surface area contributed by atoms with Crippen LogP contribution in [0.5, 0.6) is 0 Å². The molecule has 0 saturated carbocycles. The third-order valence-corrected chi connectivity index (χ3v) is 0.676. The molecule has 9 heavy (non-hydrogen) atoms. The summed E-state index contributed by atoms with van der Waals surface area (Å²) in [6, 6.07) is 0. The summed E-state index contributed by atoms with van der Waals surface area (Å²) in [7, 11) is 3.94. The number of hydrogen-bond donors (Lipinski definition) is 0. The average molecular weight is 128 g/mol. The van der Waals surface area contributed by atoms with Crippen molar-refractivity contribution in [3.63, 3.8) is 0 Å². The summed E-state index contributed by atoms with van der Waals surface area (Å²) in [5.41, 5.74) is 0.0598. The summed E-state index contributed by atoms with van der Waals surface area (Å²) in [4.78, 5) is 6.19. The molecule has 0 aliphatic heterocycles. The minimum absolute atomic E-state index is 0.0598. The van der Waals surface area contributed by atoms with Crippen LogP contribution in [0.15, 0.2) is 4.99 Å². The van der Waals surface area contributed by atoms with Gasteiger partial charge in [-0.25, -0.2) is 0 Å². The zero-order valence-corrected chi connectivity index (χ0v) is 6.97. The van der Waals surface area contributed by atoms with Crippen LogP contribution in [0, 0.1) is 0 Å². The van der Waals surface area contributed by atoms with Gasteiger partial charge in [0.05, 0.1) is 11.9 Å². The summed E-state index contributed by atoms with van der Waals surface area (Å²) in [5.74, 6) is 0. The predicted molar refractivity (Wildman–Crippen MR) is 41.9 cm³/mol. The van der Waals surface area contributed by atoms with Crippen LogP contribution in [0.4, 0.5) is 0 Å². The van der Waals surface area contributed by atoms with Gasteiger partial charge in [0.25, 0.3) is 0 Å². The number of aliphatic imine (C=N–C) groups is 1. The molecule has 0 unspecified atom stereocenters. The standard InChI is InChI=1S/C7H16N2/c1-7(2,3)8-6-9(4)5/h6H,1-5H3/b8-6+. The maximum atomic E-state index is 4.26. The highest BCUT2D eigenvalue weighted by Gasteiger charge is 2.03. The van der Waals surface area contributed by atoms with Gasteiger partial charge in [-0.05, 0) is 20.8 Å². The molecule has 0 saturated heterocycles. The summed E-state index contributed by atoms with van der Waals surface area (Å²) in [6.45, 7) is 6.23. The van der Waals surface area contributed by atoms with Crippen molar-refractivity contribution in [2.75, 3.05) is 14.1 Å². The lowest BCUT2D eigenvalue weighted by molar-refractivity contribution is 0.559. The maximum Gasteiger partial charge on any atom is 0.0851 e. The zero-order valence-electron chi connectivity index (χ0n) is 6.97. The molecule has 0 aromatic carbocycles. The van der Waals surface area contributed by atoms with Gasteiger partial charge in [-0.3, -0.25) is 4.99 Å². The predicted octanol–water partition coefficient (Wildman–Crippen LogP) is 1.37. The van der Waals surface area contributed by atoms with E-state index in [2.05, 4.69) is 25.8 Å². The number of hydrogen-bond acceptors (Lipinski definition) is 1. The summed E-state index contributed by atoms with van der Waals surface area (Å²) >= 11 is 0. The SMILES string of the molecule is CN(C)/C=N/C(C)(C)C. The lowest BCUT2D eigenvalue weighted by Crippen LogP contribution is -2.15. The Morgan fingerprint density at radius 3 is 1.78 bits per heavy atom. The highest BCUT2D eigenvalue weighted by molar-refractivity contribution is 5.54. The first-order valence-electron chi connectivity index (χ1n) is 3.13. The topological polar surface area (TPSA) is 15.6 Å². The van der Waals surface area contributed by atoms with Crippen LogP contribution in [-0.4, -0.2) is 30.9 Å². The molecule has 0 aromatic heterocycles. The second-order valence-electron chi connectivity index (χ2n) is 3.38. The van der Waals surface area contributed by atoms with E-state index in [1.807, 2.05) is 25.3 Å². The lowest BCUT2D eigenvalue weighted by atomic mass is 10.1. The van der Waals surface area contributed by atoms with Crippen molar-refractivity contribution in [1.82, 2.24) is 4.90 Å². The Bertz CT molecular complexity index is 98.0. The molecule has 0 spiro atoms. The lowest BCUT2D eigenvalue weighted by Gasteiger charge is -2.12.